The molecule has 88 valence electrons. The smallest absolute Gasteiger partial charge is 0.304 e. The molecular formula is C11H22N2O2. The van der Waals surface area contributed by atoms with Gasteiger partial charge in [0.25, 0.3) is 0 Å². The number of hydrogen-bond acceptors (Lipinski definition) is 3. The zero-order valence-electron chi connectivity index (χ0n) is 9.46. The fourth-order valence-electron chi connectivity index (χ4n) is 2.06. The molecule has 1 fully saturated rings. The maximum atomic E-state index is 10.3. The van der Waals surface area contributed by atoms with Crippen molar-refractivity contribution in [2.24, 2.45) is 0 Å². The summed E-state index contributed by atoms with van der Waals surface area (Å²) >= 11 is 0. The molecule has 15 heavy (non-hydrogen) atoms. The van der Waals surface area contributed by atoms with Crippen LogP contribution in [0.25, 0.3) is 0 Å². The van der Waals surface area contributed by atoms with Gasteiger partial charge in [-0.1, -0.05) is 6.42 Å². The van der Waals surface area contributed by atoms with E-state index in [0.29, 0.717) is 18.6 Å². The Bertz CT molecular complexity index is 191. The van der Waals surface area contributed by atoms with Crippen LogP contribution in [0.1, 0.15) is 39.0 Å². The van der Waals surface area contributed by atoms with Gasteiger partial charge in [-0.2, -0.15) is 0 Å². The van der Waals surface area contributed by atoms with Crippen LogP contribution in [-0.4, -0.2) is 36.2 Å². The molecule has 0 aliphatic carbocycles. The van der Waals surface area contributed by atoms with Gasteiger partial charge in [0.2, 0.25) is 0 Å². The maximum absolute atomic E-state index is 10.3. The van der Waals surface area contributed by atoms with Crippen LogP contribution in [0.4, 0.5) is 0 Å². The van der Waals surface area contributed by atoms with E-state index in [2.05, 4.69) is 17.6 Å². The summed E-state index contributed by atoms with van der Waals surface area (Å²) in [6.45, 7) is 3.83. The zero-order valence-corrected chi connectivity index (χ0v) is 9.46. The average Bonchev–Trinajstić information content (AvgIpc) is 2.18. The summed E-state index contributed by atoms with van der Waals surface area (Å²) in [5, 5.41) is 15.2. The van der Waals surface area contributed by atoms with Gasteiger partial charge in [0.1, 0.15) is 0 Å². The Balaban J connectivity index is 2.06. The predicted octanol–water partition coefficient (Wildman–Crippen LogP) is 0.971. The molecular weight excluding hydrogens is 192 g/mol. The van der Waals surface area contributed by atoms with Crippen LogP contribution in [0.2, 0.25) is 0 Å². The first-order valence-corrected chi connectivity index (χ1v) is 5.87. The molecule has 1 aliphatic rings. The van der Waals surface area contributed by atoms with E-state index in [-0.39, 0.29) is 6.42 Å². The first-order valence-electron chi connectivity index (χ1n) is 5.87. The third-order valence-electron chi connectivity index (χ3n) is 2.88. The summed E-state index contributed by atoms with van der Waals surface area (Å²) in [7, 11) is 0. The second kappa shape index (κ2) is 6.80. The van der Waals surface area contributed by atoms with Crippen LogP contribution in [0.5, 0.6) is 0 Å². The lowest BCUT2D eigenvalue weighted by Gasteiger charge is -2.26. The quantitative estimate of drug-likeness (QED) is 0.616. The minimum Gasteiger partial charge on any atom is -0.481 e. The molecule has 0 aromatic heterocycles. The van der Waals surface area contributed by atoms with Crippen molar-refractivity contribution < 1.29 is 9.90 Å². The topological polar surface area (TPSA) is 61.4 Å². The van der Waals surface area contributed by atoms with Gasteiger partial charge in [-0.3, -0.25) is 4.79 Å². The van der Waals surface area contributed by atoms with Crippen LogP contribution >= 0.6 is 0 Å². The summed E-state index contributed by atoms with van der Waals surface area (Å²) in [6, 6.07) is 1.02. The van der Waals surface area contributed by atoms with Crippen molar-refractivity contribution in [3.8, 4) is 0 Å². The predicted molar refractivity (Wildman–Crippen MR) is 60.0 cm³/mol. The lowest BCUT2D eigenvalue weighted by molar-refractivity contribution is -0.136. The highest BCUT2D eigenvalue weighted by atomic mass is 16.4. The molecule has 2 atom stereocenters. The van der Waals surface area contributed by atoms with Crippen LogP contribution in [0.3, 0.4) is 0 Å². The third kappa shape index (κ3) is 5.74. The van der Waals surface area contributed by atoms with E-state index in [9.17, 15) is 4.79 Å². The minimum atomic E-state index is -0.731. The molecule has 0 saturated carbocycles. The van der Waals surface area contributed by atoms with Crippen molar-refractivity contribution in [2.45, 2.75) is 51.1 Å². The van der Waals surface area contributed by atoms with Gasteiger partial charge in [-0.05, 0) is 32.7 Å². The number of hydrogen-bond donors (Lipinski definition) is 3. The molecule has 1 saturated heterocycles. The number of piperidine rings is 1. The second-order valence-corrected chi connectivity index (χ2v) is 4.38. The van der Waals surface area contributed by atoms with E-state index < -0.39 is 5.97 Å². The highest BCUT2D eigenvalue weighted by molar-refractivity contribution is 5.66. The summed E-state index contributed by atoms with van der Waals surface area (Å²) < 4.78 is 0. The van der Waals surface area contributed by atoms with E-state index in [4.69, 9.17) is 5.11 Å². The van der Waals surface area contributed by atoms with Crippen molar-refractivity contribution in [1.82, 2.24) is 10.6 Å². The van der Waals surface area contributed by atoms with Gasteiger partial charge < -0.3 is 15.7 Å². The number of carboxylic acids is 1. The zero-order chi connectivity index (χ0) is 11.1. The summed E-state index contributed by atoms with van der Waals surface area (Å²) in [4.78, 5) is 10.3. The standard InChI is InChI=1S/C11H22N2O2/c1-9(12-7-5-11(14)15)8-10-4-2-3-6-13-10/h9-10,12-13H,2-8H2,1H3,(H,14,15). The minimum absolute atomic E-state index is 0.211. The lowest BCUT2D eigenvalue weighted by atomic mass is 9.99. The van der Waals surface area contributed by atoms with Crippen LogP contribution in [0, 0.1) is 0 Å². The van der Waals surface area contributed by atoms with Gasteiger partial charge in [0.15, 0.2) is 0 Å². The first-order chi connectivity index (χ1) is 7.18. The van der Waals surface area contributed by atoms with E-state index in [1.54, 1.807) is 0 Å². The Morgan fingerprint density at radius 1 is 1.60 bits per heavy atom. The average molecular weight is 214 g/mol. The van der Waals surface area contributed by atoms with E-state index >= 15 is 0 Å². The van der Waals surface area contributed by atoms with Gasteiger partial charge in [-0.15, -0.1) is 0 Å². The van der Waals surface area contributed by atoms with Crippen molar-refractivity contribution in [3.05, 3.63) is 0 Å². The number of aliphatic carboxylic acids is 1. The molecule has 0 aromatic rings. The monoisotopic (exact) mass is 214 g/mol. The highest BCUT2D eigenvalue weighted by Gasteiger charge is 2.15. The molecule has 0 amide bonds. The van der Waals surface area contributed by atoms with Crippen LogP contribution in [-0.2, 0) is 4.79 Å². The van der Waals surface area contributed by atoms with Gasteiger partial charge in [0.05, 0.1) is 6.42 Å². The number of nitrogens with one attached hydrogen (secondary N) is 2. The van der Waals surface area contributed by atoms with E-state index in [0.717, 1.165) is 13.0 Å². The van der Waals surface area contributed by atoms with Crippen molar-refractivity contribution in [1.29, 1.82) is 0 Å². The first kappa shape index (κ1) is 12.5. The van der Waals surface area contributed by atoms with Gasteiger partial charge in [-0.25, -0.2) is 0 Å². The number of carboxylic acid groups (broad SMARTS) is 1. The molecule has 4 heteroatoms. The van der Waals surface area contributed by atoms with Gasteiger partial charge in [0, 0.05) is 18.6 Å². The van der Waals surface area contributed by atoms with Crippen LogP contribution < -0.4 is 10.6 Å². The second-order valence-electron chi connectivity index (χ2n) is 4.38. The van der Waals surface area contributed by atoms with E-state index in [1.807, 2.05) is 0 Å². The lowest BCUT2D eigenvalue weighted by Crippen LogP contribution is -2.40. The van der Waals surface area contributed by atoms with Crippen molar-refractivity contribution >= 4 is 5.97 Å². The number of rotatable bonds is 6. The maximum Gasteiger partial charge on any atom is 0.304 e. The molecule has 4 nitrogen and oxygen atoms in total. The Morgan fingerprint density at radius 3 is 3.00 bits per heavy atom. The molecule has 3 N–H and O–H groups in total. The highest BCUT2D eigenvalue weighted by Crippen LogP contribution is 2.11. The molecule has 1 rings (SSSR count). The molecule has 0 spiro atoms. The Kier molecular flexibility index (Phi) is 5.65. The summed E-state index contributed by atoms with van der Waals surface area (Å²) in [5.41, 5.74) is 0. The normalized spacial score (nSPS) is 23.7. The fourth-order valence-corrected chi connectivity index (χ4v) is 2.06. The van der Waals surface area contributed by atoms with Crippen molar-refractivity contribution in [3.63, 3.8) is 0 Å². The van der Waals surface area contributed by atoms with Crippen molar-refractivity contribution in [2.75, 3.05) is 13.1 Å². The van der Waals surface area contributed by atoms with Gasteiger partial charge >= 0.3 is 5.97 Å². The fraction of sp³-hybridized carbons (Fsp3) is 0.909. The molecule has 1 heterocycles. The Hall–Kier alpha value is -0.610. The molecule has 0 radical (unpaired) electrons. The molecule has 1 aliphatic heterocycles. The molecule has 2 unspecified atom stereocenters. The summed E-state index contributed by atoms with van der Waals surface area (Å²) in [6.07, 6.45) is 5.17. The summed E-state index contributed by atoms with van der Waals surface area (Å²) in [5.74, 6) is -0.731. The SMILES string of the molecule is CC(CC1CCCCN1)NCCC(=O)O. The molecule has 0 aromatic carbocycles. The van der Waals surface area contributed by atoms with E-state index in [1.165, 1.54) is 19.3 Å². The van der Waals surface area contributed by atoms with Crippen LogP contribution in [0.15, 0.2) is 0 Å². The number of carbonyl (C=O) groups is 1. The largest absolute Gasteiger partial charge is 0.481 e. The Morgan fingerprint density at radius 2 is 2.40 bits per heavy atom. The molecule has 0 bridgehead atoms. The Labute approximate surface area is 91.4 Å². The third-order valence-corrected chi connectivity index (χ3v) is 2.88.